The molecule has 7 rings (SSSR count). The lowest BCUT2D eigenvalue weighted by Gasteiger charge is -2.43. The third kappa shape index (κ3) is 13.6. The van der Waals surface area contributed by atoms with E-state index in [2.05, 4.69) is 38.0 Å². The van der Waals surface area contributed by atoms with Gasteiger partial charge < -0.3 is 46.6 Å². The second-order valence-electron chi connectivity index (χ2n) is 23.5. The van der Waals surface area contributed by atoms with E-state index >= 15 is 4.79 Å². The number of amides is 7. The molecule has 7 amide bonds. The zero-order chi connectivity index (χ0) is 56.8. The van der Waals surface area contributed by atoms with E-state index in [1.807, 2.05) is 109 Å². The van der Waals surface area contributed by atoms with Gasteiger partial charge in [0, 0.05) is 42.7 Å². The number of hydrogen-bond acceptors (Lipinski definition) is 9. The SMILES string of the molecule is CNC(C)C(=O)NC(C(=O)N1C[C@@H](NC(=O)c2ccc(CN(C(=O)[C@@H]3Cc4ccccc4CN3C(=O)C(NC(=O)C(C)NC)C(C)(C)C)C(C)c3ccccc3Cl)cc2)C[C@H]1C(=O)N[C@@H]1CCCc2ccccc21)C(C)(C)C. The highest BCUT2D eigenvalue weighted by Gasteiger charge is 2.47. The van der Waals surface area contributed by atoms with E-state index in [0.717, 1.165) is 36.0 Å². The van der Waals surface area contributed by atoms with Gasteiger partial charge in [0.1, 0.15) is 24.2 Å². The number of likely N-dealkylation sites (tertiary alicyclic amines) is 1. The van der Waals surface area contributed by atoms with Gasteiger partial charge in [0.25, 0.3) is 5.91 Å². The van der Waals surface area contributed by atoms with Crippen LogP contribution in [0.5, 0.6) is 0 Å². The van der Waals surface area contributed by atoms with Crippen molar-refractivity contribution in [2.45, 2.75) is 162 Å². The number of nitrogens with one attached hydrogen (secondary N) is 6. The number of carbonyl (C=O) groups excluding carboxylic acids is 7. The first-order valence-electron chi connectivity index (χ1n) is 27.4. The second kappa shape index (κ2) is 25.0. The van der Waals surface area contributed by atoms with Crippen molar-refractivity contribution in [3.63, 3.8) is 0 Å². The van der Waals surface area contributed by atoms with Crippen LogP contribution in [0.1, 0.15) is 137 Å². The first kappa shape index (κ1) is 59.0. The van der Waals surface area contributed by atoms with Gasteiger partial charge in [-0.3, -0.25) is 33.6 Å². The molecule has 0 radical (unpaired) electrons. The Bertz CT molecular complexity index is 2850. The molecule has 418 valence electrons. The van der Waals surface area contributed by atoms with Gasteiger partial charge in [-0.05, 0) is 123 Å². The fraction of sp³-hybridized carbons (Fsp3) is 0.492. The average Bonchev–Trinajstić information content (AvgIpc) is 3.98. The number of halogens is 1. The molecule has 0 spiro atoms. The highest BCUT2D eigenvalue weighted by molar-refractivity contribution is 6.31. The lowest BCUT2D eigenvalue weighted by atomic mass is 9.84. The molecule has 17 heteroatoms. The van der Waals surface area contributed by atoms with E-state index in [1.165, 1.54) is 10.5 Å². The molecule has 0 saturated carbocycles. The van der Waals surface area contributed by atoms with Crippen LogP contribution in [0.15, 0.2) is 97.1 Å². The third-order valence-corrected chi connectivity index (χ3v) is 16.2. The molecule has 0 bridgehead atoms. The number of fused-ring (bicyclic) bond motifs is 2. The van der Waals surface area contributed by atoms with E-state index in [9.17, 15) is 28.8 Å². The van der Waals surface area contributed by atoms with E-state index < -0.39 is 71.0 Å². The molecule has 78 heavy (non-hydrogen) atoms. The van der Waals surface area contributed by atoms with Crippen molar-refractivity contribution < 1.29 is 33.6 Å². The molecule has 6 N–H and O–H groups in total. The van der Waals surface area contributed by atoms with E-state index in [4.69, 9.17) is 11.6 Å². The Labute approximate surface area is 465 Å². The largest absolute Gasteiger partial charge is 0.347 e. The summed E-state index contributed by atoms with van der Waals surface area (Å²) in [6, 6.07) is 23.7. The molecule has 2 aliphatic heterocycles. The van der Waals surface area contributed by atoms with E-state index in [0.29, 0.717) is 21.7 Å². The Morgan fingerprint density at radius 3 is 1.81 bits per heavy atom. The molecule has 16 nitrogen and oxygen atoms in total. The summed E-state index contributed by atoms with van der Waals surface area (Å²) >= 11 is 6.84. The smallest absolute Gasteiger partial charge is 0.251 e. The fourth-order valence-corrected chi connectivity index (χ4v) is 11.1. The first-order valence-corrected chi connectivity index (χ1v) is 27.7. The van der Waals surface area contributed by atoms with Crippen molar-refractivity contribution >= 4 is 53.0 Å². The minimum absolute atomic E-state index is 0.0339. The zero-order valence-electron chi connectivity index (χ0n) is 47.2. The average molecular weight is 1090 g/mol. The lowest BCUT2D eigenvalue weighted by molar-refractivity contribution is -0.152. The number of carbonyl (C=O) groups is 7. The van der Waals surface area contributed by atoms with Gasteiger partial charge in [-0.1, -0.05) is 132 Å². The van der Waals surface area contributed by atoms with Crippen molar-refractivity contribution in [3.05, 3.63) is 141 Å². The molecule has 1 saturated heterocycles. The van der Waals surface area contributed by atoms with Crippen LogP contribution < -0.4 is 31.9 Å². The molecule has 3 aliphatic rings. The van der Waals surface area contributed by atoms with E-state index in [-0.39, 0.29) is 68.1 Å². The van der Waals surface area contributed by atoms with Gasteiger partial charge in [0.15, 0.2) is 0 Å². The van der Waals surface area contributed by atoms with Crippen LogP contribution in [0.3, 0.4) is 0 Å². The molecule has 4 aromatic rings. The second-order valence-corrected chi connectivity index (χ2v) is 23.9. The standard InChI is InChI=1S/C61H80ClN9O7/c1-36(63-10)53(72)67-51(60(4,5)6)58(77)70-34-43-21-13-12-20-42(43)31-50(70)57(76)69(38(3)45-23-16-17-25-47(45)62)33-39-27-29-41(30-28-39)55(74)65-44-32-49(56(75)66-48-26-18-22-40-19-14-15-24-46(40)48)71(35-44)59(78)52(61(7,8)9)68-54(73)37(2)64-11/h12-17,19-21,23-25,27-30,36-38,44,48-52,63-64H,18,22,26,31-35H2,1-11H3,(H,65,74)(H,66,75)(H,67,72)(H,68,73)/t36?,37?,38?,44-,48+,49-,50-,51?,52?/m0/s1. The highest BCUT2D eigenvalue weighted by atomic mass is 35.5. The third-order valence-electron chi connectivity index (χ3n) is 15.9. The molecule has 9 atom stereocenters. The van der Waals surface area contributed by atoms with Crippen LogP contribution in [-0.4, -0.2) is 119 Å². The maximum absolute atomic E-state index is 15.5. The normalized spacial score (nSPS) is 20.2. The number of hydrogen-bond donors (Lipinski definition) is 6. The van der Waals surface area contributed by atoms with Crippen LogP contribution in [0.4, 0.5) is 0 Å². The van der Waals surface area contributed by atoms with Crippen molar-refractivity contribution in [3.8, 4) is 0 Å². The van der Waals surface area contributed by atoms with Gasteiger partial charge in [0.2, 0.25) is 35.4 Å². The Morgan fingerprint density at radius 1 is 0.667 bits per heavy atom. The maximum atomic E-state index is 15.5. The van der Waals surface area contributed by atoms with Crippen LogP contribution in [0.2, 0.25) is 5.02 Å². The Hall–Kier alpha value is -6.62. The Kier molecular flexibility index (Phi) is 18.9. The monoisotopic (exact) mass is 1090 g/mol. The molecule has 1 aliphatic carbocycles. The summed E-state index contributed by atoms with van der Waals surface area (Å²) in [6.45, 7) is 16.9. The Balaban J connectivity index is 1.15. The van der Waals surface area contributed by atoms with Crippen molar-refractivity contribution in [1.29, 1.82) is 0 Å². The quantitative estimate of drug-likeness (QED) is 0.0678. The van der Waals surface area contributed by atoms with Crippen LogP contribution in [-0.2, 0) is 54.7 Å². The van der Waals surface area contributed by atoms with Crippen LogP contribution >= 0.6 is 11.6 Å². The predicted octanol–water partition coefficient (Wildman–Crippen LogP) is 6.55. The minimum Gasteiger partial charge on any atom is -0.347 e. The van der Waals surface area contributed by atoms with Crippen molar-refractivity contribution in [2.24, 2.45) is 10.8 Å². The topological polar surface area (TPSA) is 201 Å². The summed E-state index contributed by atoms with van der Waals surface area (Å²) in [4.78, 5) is 105. The summed E-state index contributed by atoms with van der Waals surface area (Å²) < 4.78 is 0. The van der Waals surface area contributed by atoms with E-state index in [1.54, 1.807) is 68.1 Å². The summed E-state index contributed by atoms with van der Waals surface area (Å²) in [5, 5.41) is 18.6. The summed E-state index contributed by atoms with van der Waals surface area (Å²) in [5.41, 5.74) is 4.38. The fourth-order valence-electron chi connectivity index (χ4n) is 10.8. The number of aryl methyl sites for hydroxylation is 1. The van der Waals surface area contributed by atoms with Gasteiger partial charge in [0.05, 0.1) is 24.2 Å². The van der Waals surface area contributed by atoms with Gasteiger partial charge in [-0.2, -0.15) is 0 Å². The minimum atomic E-state index is -0.974. The van der Waals surface area contributed by atoms with Crippen LogP contribution in [0.25, 0.3) is 0 Å². The maximum Gasteiger partial charge on any atom is 0.251 e. The Morgan fingerprint density at radius 2 is 1.22 bits per heavy atom. The molecule has 2 heterocycles. The summed E-state index contributed by atoms with van der Waals surface area (Å²) in [5.74, 6) is -2.54. The number of benzene rings is 4. The zero-order valence-corrected chi connectivity index (χ0v) is 47.9. The molecular formula is C61H80ClN9O7. The van der Waals surface area contributed by atoms with Crippen molar-refractivity contribution in [1.82, 2.24) is 46.6 Å². The summed E-state index contributed by atoms with van der Waals surface area (Å²) in [7, 11) is 3.34. The van der Waals surface area contributed by atoms with Crippen LogP contribution in [0, 0.1) is 10.8 Å². The van der Waals surface area contributed by atoms with Gasteiger partial charge in [-0.15, -0.1) is 0 Å². The number of likely N-dealkylation sites (N-methyl/N-ethyl adjacent to an activating group) is 2. The first-order chi connectivity index (χ1) is 36.9. The molecular weight excluding hydrogens is 1010 g/mol. The highest BCUT2D eigenvalue weighted by Crippen LogP contribution is 2.35. The molecule has 0 aromatic heterocycles. The summed E-state index contributed by atoms with van der Waals surface area (Å²) in [6.07, 6.45) is 2.95. The van der Waals surface area contributed by atoms with Gasteiger partial charge >= 0.3 is 0 Å². The number of rotatable bonds is 17. The molecule has 4 aromatic carbocycles. The molecule has 1 fully saturated rings. The molecule has 5 unspecified atom stereocenters. The van der Waals surface area contributed by atoms with Gasteiger partial charge in [-0.25, -0.2) is 0 Å². The van der Waals surface area contributed by atoms with Crippen molar-refractivity contribution in [2.75, 3.05) is 20.6 Å². The number of nitrogens with zero attached hydrogens (tertiary/aromatic N) is 3. The predicted molar refractivity (Wildman–Crippen MR) is 303 cm³/mol. The lowest BCUT2D eigenvalue weighted by Crippen LogP contribution is -2.62.